The summed E-state index contributed by atoms with van der Waals surface area (Å²) in [6.45, 7) is 4.82. The van der Waals surface area contributed by atoms with Crippen LogP contribution in [0.25, 0.3) is 0 Å². The molecule has 1 aliphatic carbocycles. The monoisotopic (exact) mass is 325 g/mol. The van der Waals surface area contributed by atoms with Gasteiger partial charge in [-0.05, 0) is 44.2 Å². The second kappa shape index (κ2) is 6.30. The molecule has 5 heteroatoms. The Balaban J connectivity index is 1.31. The summed E-state index contributed by atoms with van der Waals surface area (Å²) in [6.07, 6.45) is 4.69. The second-order valence-electron chi connectivity index (χ2n) is 6.99. The van der Waals surface area contributed by atoms with Crippen molar-refractivity contribution in [2.45, 2.75) is 32.1 Å². The zero-order valence-electron chi connectivity index (χ0n) is 14.0. The van der Waals surface area contributed by atoms with Crippen molar-refractivity contribution in [1.29, 1.82) is 0 Å². The molecule has 1 saturated heterocycles. The molecule has 4 rings (SSSR count). The van der Waals surface area contributed by atoms with E-state index in [0.29, 0.717) is 24.1 Å². The van der Waals surface area contributed by atoms with E-state index < -0.39 is 0 Å². The normalized spacial score (nSPS) is 20.4. The van der Waals surface area contributed by atoms with E-state index in [1.165, 1.54) is 17.6 Å². The molecule has 5 nitrogen and oxygen atoms in total. The maximum absolute atomic E-state index is 12.4. The molecular formula is C19H23N3O2. The van der Waals surface area contributed by atoms with E-state index in [2.05, 4.69) is 46.4 Å². The summed E-state index contributed by atoms with van der Waals surface area (Å²) >= 11 is 0. The van der Waals surface area contributed by atoms with Crippen molar-refractivity contribution in [2.75, 3.05) is 24.5 Å². The number of anilines is 1. The minimum atomic E-state index is -0.0977. The van der Waals surface area contributed by atoms with Crippen LogP contribution in [0.5, 0.6) is 0 Å². The standard InChI is InChI=1S/C19H23N3O2/c1-13-2-6-16(7-3-13)22-9-8-14(11-22)10-20-19(23)17-18(15-4-5-15)24-12-21-17/h2-3,6-7,12,14-15H,4-5,8-11H2,1H3,(H,20,23). The summed E-state index contributed by atoms with van der Waals surface area (Å²) in [6, 6.07) is 8.64. The fourth-order valence-corrected chi connectivity index (χ4v) is 3.37. The molecule has 1 aromatic heterocycles. The molecule has 126 valence electrons. The molecule has 1 saturated carbocycles. The Morgan fingerprint density at radius 3 is 2.83 bits per heavy atom. The maximum atomic E-state index is 12.4. The van der Waals surface area contributed by atoms with Gasteiger partial charge >= 0.3 is 0 Å². The summed E-state index contributed by atoms with van der Waals surface area (Å²) in [5, 5.41) is 3.04. The number of oxazole rings is 1. The molecule has 0 spiro atoms. The number of benzene rings is 1. The van der Waals surface area contributed by atoms with Gasteiger partial charge in [-0.1, -0.05) is 17.7 Å². The van der Waals surface area contributed by atoms with Gasteiger partial charge in [0.1, 0.15) is 5.76 Å². The number of hydrogen-bond donors (Lipinski definition) is 1. The molecule has 2 aromatic rings. The van der Waals surface area contributed by atoms with Crippen LogP contribution in [0.2, 0.25) is 0 Å². The highest BCUT2D eigenvalue weighted by atomic mass is 16.3. The van der Waals surface area contributed by atoms with Crippen LogP contribution in [0.1, 0.15) is 47.0 Å². The van der Waals surface area contributed by atoms with Gasteiger partial charge in [0.15, 0.2) is 12.1 Å². The number of rotatable bonds is 5. The van der Waals surface area contributed by atoms with Crippen LogP contribution in [-0.2, 0) is 0 Å². The zero-order valence-corrected chi connectivity index (χ0v) is 14.0. The Labute approximate surface area is 142 Å². The van der Waals surface area contributed by atoms with Crippen LogP contribution >= 0.6 is 0 Å². The summed E-state index contributed by atoms with van der Waals surface area (Å²) in [5.41, 5.74) is 3.02. The third-order valence-corrected chi connectivity index (χ3v) is 4.99. The minimum absolute atomic E-state index is 0.0977. The Morgan fingerprint density at radius 1 is 1.29 bits per heavy atom. The van der Waals surface area contributed by atoms with Gasteiger partial charge < -0.3 is 14.6 Å². The van der Waals surface area contributed by atoms with Crippen LogP contribution in [0.4, 0.5) is 5.69 Å². The van der Waals surface area contributed by atoms with Gasteiger partial charge in [-0.3, -0.25) is 4.79 Å². The molecule has 0 bridgehead atoms. The number of nitrogens with one attached hydrogen (secondary N) is 1. The van der Waals surface area contributed by atoms with Crippen LogP contribution in [-0.4, -0.2) is 30.5 Å². The first kappa shape index (κ1) is 15.2. The summed E-state index contributed by atoms with van der Waals surface area (Å²) in [4.78, 5) is 18.9. The fourth-order valence-electron chi connectivity index (χ4n) is 3.37. The highest BCUT2D eigenvalue weighted by molar-refractivity contribution is 5.93. The quantitative estimate of drug-likeness (QED) is 0.917. The first-order chi connectivity index (χ1) is 11.7. The van der Waals surface area contributed by atoms with Crippen molar-refractivity contribution in [3.05, 3.63) is 47.7 Å². The summed E-state index contributed by atoms with van der Waals surface area (Å²) in [7, 11) is 0. The molecule has 1 unspecified atom stereocenters. The molecule has 1 aromatic carbocycles. The highest BCUT2D eigenvalue weighted by Crippen LogP contribution is 2.41. The van der Waals surface area contributed by atoms with E-state index in [-0.39, 0.29) is 5.91 Å². The lowest BCUT2D eigenvalue weighted by Crippen LogP contribution is -2.31. The highest BCUT2D eigenvalue weighted by Gasteiger charge is 2.32. The number of carbonyl (C=O) groups is 1. The summed E-state index contributed by atoms with van der Waals surface area (Å²) in [5.74, 6) is 1.54. The fraction of sp³-hybridized carbons (Fsp3) is 0.474. The van der Waals surface area contributed by atoms with Crippen molar-refractivity contribution >= 4 is 11.6 Å². The molecule has 2 fully saturated rings. The van der Waals surface area contributed by atoms with Crippen molar-refractivity contribution < 1.29 is 9.21 Å². The van der Waals surface area contributed by atoms with Crippen LogP contribution in [0.3, 0.4) is 0 Å². The second-order valence-corrected chi connectivity index (χ2v) is 6.99. The Bertz CT molecular complexity index is 718. The van der Waals surface area contributed by atoms with E-state index in [4.69, 9.17) is 4.42 Å². The SMILES string of the molecule is Cc1ccc(N2CCC(CNC(=O)c3ncoc3C3CC3)C2)cc1. The molecule has 1 N–H and O–H groups in total. The van der Waals surface area contributed by atoms with Gasteiger partial charge in [-0.15, -0.1) is 0 Å². The van der Waals surface area contributed by atoms with Gasteiger partial charge in [-0.2, -0.15) is 0 Å². The van der Waals surface area contributed by atoms with E-state index in [1.54, 1.807) is 0 Å². The number of hydrogen-bond acceptors (Lipinski definition) is 4. The van der Waals surface area contributed by atoms with Crippen LogP contribution < -0.4 is 10.2 Å². The minimum Gasteiger partial charge on any atom is -0.447 e. The number of aryl methyl sites for hydroxylation is 1. The van der Waals surface area contributed by atoms with E-state index in [1.807, 2.05) is 0 Å². The van der Waals surface area contributed by atoms with Crippen LogP contribution in [0.15, 0.2) is 35.1 Å². The Morgan fingerprint density at radius 2 is 2.08 bits per heavy atom. The lowest BCUT2D eigenvalue weighted by molar-refractivity contribution is 0.0942. The molecule has 1 aliphatic heterocycles. The summed E-state index contributed by atoms with van der Waals surface area (Å²) < 4.78 is 5.39. The molecule has 2 aliphatic rings. The number of carbonyl (C=O) groups excluding carboxylic acids is 1. The van der Waals surface area contributed by atoms with Crippen molar-refractivity contribution in [3.63, 3.8) is 0 Å². The topological polar surface area (TPSA) is 58.4 Å². The number of nitrogens with zero attached hydrogens (tertiary/aromatic N) is 2. The van der Waals surface area contributed by atoms with E-state index >= 15 is 0 Å². The van der Waals surface area contributed by atoms with Gasteiger partial charge in [0.2, 0.25) is 0 Å². The van der Waals surface area contributed by atoms with Crippen molar-refractivity contribution in [1.82, 2.24) is 10.3 Å². The predicted octanol–water partition coefficient (Wildman–Crippen LogP) is 3.12. The first-order valence-corrected chi connectivity index (χ1v) is 8.74. The van der Waals surface area contributed by atoms with Gasteiger partial charge in [-0.25, -0.2) is 4.98 Å². The lowest BCUT2D eigenvalue weighted by atomic mass is 10.1. The first-order valence-electron chi connectivity index (χ1n) is 8.74. The zero-order chi connectivity index (χ0) is 16.5. The van der Waals surface area contributed by atoms with Crippen molar-refractivity contribution in [3.8, 4) is 0 Å². The third-order valence-electron chi connectivity index (χ3n) is 4.99. The van der Waals surface area contributed by atoms with E-state index in [9.17, 15) is 4.79 Å². The Hall–Kier alpha value is -2.30. The van der Waals surface area contributed by atoms with Gasteiger partial charge in [0.05, 0.1) is 0 Å². The average Bonchev–Trinajstić information content (AvgIpc) is 3.12. The molecule has 0 radical (unpaired) electrons. The number of aromatic nitrogens is 1. The largest absolute Gasteiger partial charge is 0.447 e. The van der Waals surface area contributed by atoms with Crippen molar-refractivity contribution in [2.24, 2.45) is 5.92 Å². The third kappa shape index (κ3) is 3.16. The van der Waals surface area contributed by atoms with Gasteiger partial charge in [0, 0.05) is 31.2 Å². The Kier molecular flexibility index (Phi) is 4.00. The molecule has 1 amide bonds. The average molecular weight is 325 g/mol. The predicted molar refractivity (Wildman–Crippen MR) is 92.3 cm³/mol. The maximum Gasteiger partial charge on any atom is 0.273 e. The van der Waals surface area contributed by atoms with E-state index in [0.717, 1.165) is 38.1 Å². The van der Waals surface area contributed by atoms with Gasteiger partial charge in [0.25, 0.3) is 5.91 Å². The smallest absolute Gasteiger partial charge is 0.273 e. The molecule has 1 atom stereocenters. The molecule has 2 heterocycles. The molecular weight excluding hydrogens is 302 g/mol. The van der Waals surface area contributed by atoms with Crippen LogP contribution in [0, 0.1) is 12.8 Å². The lowest BCUT2D eigenvalue weighted by Gasteiger charge is -2.19. The molecule has 24 heavy (non-hydrogen) atoms. The number of amides is 1.